The van der Waals surface area contributed by atoms with Gasteiger partial charge in [0.25, 0.3) is 0 Å². The third-order valence-electron chi connectivity index (χ3n) is 2.83. The van der Waals surface area contributed by atoms with E-state index < -0.39 is 6.10 Å². The Kier molecular flexibility index (Phi) is 8.23. The highest BCUT2D eigenvalue weighted by Gasteiger charge is 2.12. The molecule has 1 unspecified atom stereocenters. The van der Waals surface area contributed by atoms with Crippen molar-refractivity contribution in [3.8, 4) is 0 Å². The van der Waals surface area contributed by atoms with Gasteiger partial charge in [0.05, 0.1) is 17.4 Å². The van der Waals surface area contributed by atoms with Crippen LogP contribution < -0.4 is 10.6 Å². The number of furan rings is 1. The van der Waals surface area contributed by atoms with Crippen LogP contribution >= 0.6 is 46.9 Å². The summed E-state index contributed by atoms with van der Waals surface area (Å²) in [6.07, 6.45) is -0.714. The number of aryl methyl sites for hydroxylation is 1. The molecule has 0 aliphatic carbocycles. The number of nitrogens with one attached hydrogen (secondary N) is 2. The fraction of sp³-hybridized carbons (Fsp3) is 0.357. The lowest BCUT2D eigenvalue weighted by Gasteiger charge is -2.13. The molecule has 2 aromatic rings. The molecule has 3 N–H and O–H groups in total. The van der Waals surface area contributed by atoms with Crippen molar-refractivity contribution in [3.63, 3.8) is 0 Å². The average Bonchev–Trinajstić information content (AvgIpc) is 3.07. The lowest BCUT2D eigenvalue weighted by Crippen LogP contribution is -2.38. The smallest absolute Gasteiger partial charge is 0.191 e. The molecule has 8 heteroatoms. The summed E-state index contributed by atoms with van der Waals surface area (Å²) in [5.41, 5.74) is 0. The number of hydrogen-bond donors (Lipinski definition) is 3. The highest BCUT2D eigenvalue weighted by molar-refractivity contribution is 14.0. The van der Waals surface area contributed by atoms with Crippen molar-refractivity contribution < 1.29 is 9.52 Å². The van der Waals surface area contributed by atoms with Gasteiger partial charge in [-0.15, -0.1) is 35.3 Å². The molecule has 0 radical (unpaired) electrons. The van der Waals surface area contributed by atoms with E-state index in [0.717, 1.165) is 15.0 Å². The molecular weight excluding hydrogens is 437 g/mol. The summed E-state index contributed by atoms with van der Waals surface area (Å²) in [4.78, 5) is 5.22. The topological polar surface area (TPSA) is 69.8 Å². The van der Waals surface area contributed by atoms with Gasteiger partial charge < -0.3 is 20.2 Å². The van der Waals surface area contributed by atoms with Gasteiger partial charge in [0.15, 0.2) is 5.96 Å². The first-order chi connectivity index (χ1) is 10.1. The van der Waals surface area contributed by atoms with Gasteiger partial charge >= 0.3 is 0 Å². The molecule has 0 amide bonds. The molecule has 1 atom stereocenters. The van der Waals surface area contributed by atoms with Gasteiger partial charge in [-0.2, -0.15) is 0 Å². The van der Waals surface area contributed by atoms with Crippen molar-refractivity contribution in [2.75, 3.05) is 13.6 Å². The third-order valence-corrected chi connectivity index (χ3v) is 4.07. The first kappa shape index (κ1) is 19.3. The lowest BCUT2D eigenvalue weighted by atomic mass is 10.3. The van der Waals surface area contributed by atoms with Crippen LogP contribution in [0, 0.1) is 6.92 Å². The minimum absolute atomic E-state index is 0. The van der Waals surface area contributed by atoms with E-state index in [1.54, 1.807) is 13.1 Å². The quantitative estimate of drug-likeness (QED) is 0.367. The van der Waals surface area contributed by atoms with Crippen LogP contribution in [0.4, 0.5) is 0 Å². The fourth-order valence-electron chi connectivity index (χ4n) is 1.76. The van der Waals surface area contributed by atoms with E-state index >= 15 is 0 Å². The number of aliphatic hydroxyl groups is 1. The van der Waals surface area contributed by atoms with Gasteiger partial charge in [0, 0.05) is 11.9 Å². The van der Waals surface area contributed by atoms with Crippen molar-refractivity contribution >= 4 is 52.9 Å². The van der Waals surface area contributed by atoms with Gasteiger partial charge in [-0.25, -0.2) is 0 Å². The van der Waals surface area contributed by atoms with E-state index in [9.17, 15) is 5.11 Å². The van der Waals surface area contributed by atoms with Gasteiger partial charge in [0.1, 0.15) is 17.6 Å². The zero-order valence-electron chi connectivity index (χ0n) is 12.3. The molecule has 0 spiro atoms. The molecule has 2 heterocycles. The summed E-state index contributed by atoms with van der Waals surface area (Å²) >= 11 is 7.40. The van der Waals surface area contributed by atoms with E-state index in [4.69, 9.17) is 16.0 Å². The Morgan fingerprint density at radius 1 is 1.36 bits per heavy atom. The molecule has 22 heavy (non-hydrogen) atoms. The zero-order chi connectivity index (χ0) is 15.2. The van der Waals surface area contributed by atoms with E-state index in [1.165, 1.54) is 11.3 Å². The standard InChI is InChI=1S/C14H18ClN3O2S.HI/c1-9-3-5-12(20-9)11(19)8-18-14(16-2)17-7-10-4-6-13(15)21-10;/h3-6,11,19H,7-8H2,1-2H3,(H2,16,17,18);1H. The maximum absolute atomic E-state index is 10.0. The molecule has 0 aliphatic rings. The van der Waals surface area contributed by atoms with Crippen LogP contribution in [0.15, 0.2) is 33.7 Å². The SMILES string of the molecule is CN=C(NCc1ccc(Cl)s1)NCC(O)c1ccc(C)o1.I. The molecule has 0 saturated carbocycles. The molecule has 0 aromatic carbocycles. The molecule has 0 aliphatic heterocycles. The first-order valence-corrected chi connectivity index (χ1v) is 7.71. The Morgan fingerprint density at radius 2 is 2.14 bits per heavy atom. The number of nitrogens with zero attached hydrogens (tertiary/aromatic N) is 1. The molecule has 0 saturated heterocycles. The third kappa shape index (κ3) is 5.79. The number of guanidine groups is 1. The molecule has 0 fully saturated rings. The van der Waals surface area contributed by atoms with Crippen molar-refractivity contribution in [2.24, 2.45) is 4.99 Å². The predicted molar refractivity (Wildman–Crippen MR) is 101 cm³/mol. The summed E-state index contributed by atoms with van der Waals surface area (Å²) in [5, 5.41) is 16.2. The maximum atomic E-state index is 10.0. The summed E-state index contributed by atoms with van der Waals surface area (Å²) in [7, 11) is 1.68. The number of halogens is 2. The lowest BCUT2D eigenvalue weighted by molar-refractivity contribution is 0.151. The second-order valence-corrected chi connectivity index (χ2v) is 6.28. The van der Waals surface area contributed by atoms with Crippen molar-refractivity contribution in [1.82, 2.24) is 10.6 Å². The van der Waals surface area contributed by atoms with Crippen LogP contribution in [0.25, 0.3) is 0 Å². The molecule has 5 nitrogen and oxygen atoms in total. The van der Waals surface area contributed by atoms with Gasteiger partial charge in [-0.3, -0.25) is 4.99 Å². The predicted octanol–water partition coefficient (Wildman–Crippen LogP) is 3.32. The highest BCUT2D eigenvalue weighted by Crippen LogP contribution is 2.21. The van der Waals surface area contributed by atoms with Crippen LogP contribution in [-0.2, 0) is 6.54 Å². The molecule has 2 aromatic heterocycles. The fourth-order valence-corrected chi connectivity index (χ4v) is 2.79. The monoisotopic (exact) mass is 455 g/mol. The summed E-state index contributed by atoms with van der Waals surface area (Å²) < 4.78 is 6.14. The molecule has 122 valence electrons. The van der Waals surface area contributed by atoms with E-state index in [1.807, 2.05) is 25.1 Å². The summed E-state index contributed by atoms with van der Waals surface area (Å²) in [5.74, 6) is 1.93. The van der Waals surface area contributed by atoms with Gasteiger partial charge in [0.2, 0.25) is 0 Å². The Labute approximate surface area is 155 Å². The number of aliphatic imine (C=N–C) groups is 1. The number of thiophene rings is 1. The summed E-state index contributed by atoms with van der Waals surface area (Å²) in [6, 6.07) is 7.42. The van der Waals surface area contributed by atoms with Crippen molar-refractivity contribution in [3.05, 3.63) is 45.0 Å². The molecular formula is C14H19ClIN3O2S. The molecule has 0 bridgehead atoms. The Morgan fingerprint density at radius 3 is 2.68 bits per heavy atom. The van der Waals surface area contributed by atoms with Crippen LogP contribution in [0.5, 0.6) is 0 Å². The van der Waals surface area contributed by atoms with Crippen molar-refractivity contribution in [1.29, 1.82) is 0 Å². The molecule has 2 rings (SSSR count). The number of aliphatic hydroxyl groups excluding tert-OH is 1. The second kappa shape index (κ2) is 9.39. The Balaban J connectivity index is 0.00000242. The van der Waals surface area contributed by atoms with Gasteiger partial charge in [-0.05, 0) is 31.2 Å². The minimum Gasteiger partial charge on any atom is -0.464 e. The second-order valence-electron chi connectivity index (χ2n) is 4.48. The average molecular weight is 456 g/mol. The van der Waals surface area contributed by atoms with E-state index in [2.05, 4.69) is 15.6 Å². The largest absolute Gasteiger partial charge is 0.464 e. The number of hydrogen-bond acceptors (Lipinski definition) is 4. The van der Waals surface area contributed by atoms with Crippen LogP contribution in [0.3, 0.4) is 0 Å². The zero-order valence-corrected chi connectivity index (χ0v) is 16.2. The minimum atomic E-state index is -0.714. The normalized spacial score (nSPS) is 12.6. The summed E-state index contributed by atoms with van der Waals surface area (Å²) in [6.45, 7) is 2.79. The van der Waals surface area contributed by atoms with Crippen LogP contribution in [0.2, 0.25) is 4.34 Å². The van der Waals surface area contributed by atoms with Crippen LogP contribution in [0.1, 0.15) is 22.5 Å². The first-order valence-electron chi connectivity index (χ1n) is 6.51. The van der Waals surface area contributed by atoms with Crippen molar-refractivity contribution in [2.45, 2.75) is 19.6 Å². The highest BCUT2D eigenvalue weighted by atomic mass is 127. The number of rotatable bonds is 5. The van der Waals surface area contributed by atoms with E-state index in [0.29, 0.717) is 24.8 Å². The van der Waals surface area contributed by atoms with E-state index in [-0.39, 0.29) is 24.0 Å². The van der Waals surface area contributed by atoms with Crippen LogP contribution in [-0.4, -0.2) is 24.7 Å². The maximum Gasteiger partial charge on any atom is 0.191 e. The Bertz CT molecular complexity index is 615. The van der Waals surface area contributed by atoms with Gasteiger partial charge in [-0.1, -0.05) is 11.6 Å². The Hall–Kier alpha value is -0.770.